The second kappa shape index (κ2) is 7.92. The summed E-state index contributed by atoms with van der Waals surface area (Å²) >= 11 is 0. The lowest BCUT2D eigenvalue weighted by atomic mass is 9.90. The largest absolute Gasteiger partial charge is 0.352 e. The second-order valence-corrected chi connectivity index (χ2v) is 6.06. The Hall–Kier alpha value is -2.14. The lowest BCUT2D eigenvalue weighted by molar-refractivity contribution is 0.0953. The first-order chi connectivity index (χ1) is 11.3. The van der Waals surface area contributed by atoms with Gasteiger partial charge in [-0.05, 0) is 49.4 Å². The molecule has 2 aromatic rings. The monoisotopic (exact) mass is 312 g/mol. The number of piperidine rings is 1. The van der Waals surface area contributed by atoms with Crippen LogP contribution in [-0.2, 0) is 6.42 Å². The number of H-pyrrole nitrogens is 1. The van der Waals surface area contributed by atoms with Crippen molar-refractivity contribution in [3.05, 3.63) is 53.6 Å². The summed E-state index contributed by atoms with van der Waals surface area (Å²) in [6.45, 7) is 2.77. The van der Waals surface area contributed by atoms with E-state index in [1.165, 1.54) is 18.4 Å². The molecule has 1 aromatic carbocycles. The SMILES string of the molecule is O=C(NCCCc1ncc[nH]1)c1cccc([C@H]2CCCNC2)c1. The lowest BCUT2D eigenvalue weighted by Crippen LogP contribution is -2.29. The average molecular weight is 312 g/mol. The maximum Gasteiger partial charge on any atom is 0.251 e. The van der Waals surface area contributed by atoms with Crippen LogP contribution in [0.1, 0.15) is 46.9 Å². The summed E-state index contributed by atoms with van der Waals surface area (Å²) in [4.78, 5) is 19.5. The van der Waals surface area contributed by atoms with Crippen LogP contribution < -0.4 is 10.6 Å². The van der Waals surface area contributed by atoms with Crippen LogP contribution in [0.2, 0.25) is 0 Å². The van der Waals surface area contributed by atoms with Crippen LogP contribution in [0, 0.1) is 0 Å². The number of benzene rings is 1. The molecule has 3 N–H and O–H groups in total. The number of carbonyl (C=O) groups excluding carboxylic acids is 1. The number of carbonyl (C=O) groups is 1. The number of aromatic amines is 1. The van der Waals surface area contributed by atoms with Gasteiger partial charge in [0.1, 0.15) is 5.82 Å². The predicted molar refractivity (Wildman–Crippen MR) is 90.5 cm³/mol. The van der Waals surface area contributed by atoms with Crippen molar-refractivity contribution < 1.29 is 4.79 Å². The third-order valence-electron chi connectivity index (χ3n) is 4.35. The van der Waals surface area contributed by atoms with Crippen LogP contribution in [-0.4, -0.2) is 35.5 Å². The van der Waals surface area contributed by atoms with Crippen molar-refractivity contribution >= 4 is 5.91 Å². The lowest BCUT2D eigenvalue weighted by Gasteiger charge is -2.23. The van der Waals surface area contributed by atoms with E-state index in [2.05, 4.69) is 26.7 Å². The number of amides is 1. The van der Waals surface area contributed by atoms with E-state index in [0.29, 0.717) is 12.5 Å². The Morgan fingerprint density at radius 3 is 3.13 bits per heavy atom. The van der Waals surface area contributed by atoms with Gasteiger partial charge in [-0.1, -0.05) is 12.1 Å². The van der Waals surface area contributed by atoms with Gasteiger partial charge in [0.25, 0.3) is 5.91 Å². The Kier molecular flexibility index (Phi) is 5.42. The molecule has 23 heavy (non-hydrogen) atoms. The van der Waals surface area contributed by atoms with E-state index < -0.39 is 0 Å². The van der Waals surface area contributed by atoms with Gasteiger partial charge in [0.15, 0.2) is 0 Å². The summed E-state index contributed by atoms with van der Waals surface area (Å²) < 4.78 is 0. The molecule has 1 atom stereocenters. The number of hydrogen-bond donors (Lipinski definition) is 3. The molecule has 0 unspecified atom stereocenters. The highest BCUT2D eigenvalue weighted by molar-refractivity contribution is 5.94. The molecule has 0 spiro atoms. The first kappa shape index (κ1) is 15.7. The van der Waals surface area contributed by atoms with Crippen LogP contribution in [0.15, 0.2) is 36.7 Å². The minimum atomic E-state index is 0.00932. The van der Waals surface area contributed by atoms with Crippen LogP contribution in [0.4, 0.5) is 0 Å². The molecule has 122 valence electrons. The summed E-state index contributed by atoms with van der Waals surface area (Å²) in [6, 6.07) is 8.05. The summed E-state index contributed by atoms with van der Waals surface area (Å²) in [5, 5.41) is 6.42. The smallest absolute Gasteiger partial charge is 0.251 e. The standard InChI is InChI=1S/C18H24N4O/c23-18(22-9-3-7-17-20-10-11-21-17)15-5-1-4-14(12-15)16-6-2-8-19-13-16/h1,4-5,10-12,16,19H,2-3,6-9,13H2,(H,20,21)(H,22,23)/t16-/m0/s1. The van der Waals surface area contributed by atoms with Gasteiger partial charge >= 0.3 is 0 Å². The van der Waals surface area contributed by atoms with Gasteiger partial charge in [-0.25, -0.2) is 4.98 Å². The van der Waals surface area contributed by atoms with Gasteiger partial charge in [0.05, 0.1) is 0 Å². The molecular weight excluding hydrogens is 288 g/mol. The number of hydrogen-bond acceptors (Lipinski definition) is 3. The first-order valence-electron chi connectivity index (χ1n) is 8.40. The molecule has 1 saturated heterocycles. The average Bonchev–Trinajstić information content (AvgIpc) is 3.13. The van der Waals surface area contributed by atoms with E-state index in [1.807, 2.05) is 24.4 Å². The van der Waals surface area contributed by atoms with E-state index >= 15 is 0 Å². The van der Waals surface area contributed by atoms with Crippen molar-refractivity contribution in [2.75, 3.05) is 19.6 Å². The van der Waals surface area contributed by atoms with Crippen LogP contribution in [0.25, 0.3) is 0 Å². The number of rotatable bonds is 6. The fourth-order valence-corrected chi connectivity index (χ4v) is 3.06. The summed E-state index contributed by atoms with van der Waals surface area (Å²) in [5.74, 6) is 1.50. The van der Waals surface area contributed by atoms with Crippen molar-refractivity contribution in [1.29, 1.82) is 0 Å². The highest BCUT2D eigenvalue weighted by Gasteiger charge is 2.16. The van der Waals surface area contributed by atoms with Gasteiger partial charge in [0, 0.05) is 37.5 Å². The molecular formula is C18H24N4O. The topological polar surface area (TPSA) is 69.8 Å². The zero-order valence-electron chi connectivity index (χ0n) is 13.3. The van der Waals surface area contributed by atoms with Gasteiger partial charge < -0.3 is 15.6 Å². The van der Waals surface area contributed by atoms with Crippen molar-refractivity contribution in [3.63, 3.8) is 0 Å². The Morgan fingerprint density at radius 2 is 2.35 bits per heavy atom. The van der Waals surface area contributed by atoms with Crippen molar-refractivity contribution in [2.45, 2.75) is 31.6 Å². The molecule has 1 fully saturated rings. The Balaban J connectivity index is 1.50. The quantitative estimate of drug-likeness (QED) is 0.717. The molecule has 3 rings (SSSR count). The number of aryl methyl sites for hydroxylation is 1. The predicted octanol–water partition coefficient (Wildman–Crippen LogP) is 2.24. The maximum absolute atomic E-state index is 12.3. The molecule has 1 aliphatic heterocycles. The molecule has 0 aliphatic carbocycles. The van der Waals surface area contributed by atoms with Gasteiger partial charge in [-0.15, -0.1) is 0 Å². The maximum atomic E-state index is 12.3. The second-order valence-electron chi connectivity index (χ2n) is 6.06. The normalized spacial score (nSPS) is 17.8. The highest BCUT2D eigenvalue weighted by Crippen LogP contribution is 2.23. The van der Waals surface area contributed by atoms with Crippen LogP contribution >= 0.6 is 0 Å². The first-order valence-corrected chi connectivity index (χ1v) is 8.40. The molecule has 1 amide bonds. The minimum Gasteiger partial charge on any atom is -0.352 e. The van der Waals surface area contributed by atoms with Gasteiger partial charge in [0.2, 0.25) is 0 Å². The number of imidazole rings is 1. The van der Waals surface area contributed by atoms with Crippen molar-refractivity contribution in [1.82, 2.24) is 20.6 Å². The summed E-state index contributed by atoms with van der Waals surface area (Å²) in [5.41, 5.74) is 2.02. The van der Waals surface area contributed by atoms with Gasteiger partial charge in [-0.2, -0.15) is 0 Å². The molecule has 0 radical (unpaired) electrons. The van der Waals surface area contributed by atoms with Crippen LogP contribution in [0.3, 0.4) is 0 Å². The molecule has 0 saturated carbocycles. The number of aromatic nitrogens is 2. The minimum absolute atomic E-state index is 0.00932. The highest BCUT2D eigenvalue weighted by atomic mass is 16.1. The van der Waals surface area contributed by atoms with Crippen LogP contribution in [0.5, 0.6) is 0 Å². The summed E-state index contributed by atoms with van der Waals surface area (Å²) in [7, 11) is 0. The van der Waals surface area contributed by atoms with E-state index in [9.17, 15) is 4.79 Å². The van der Waals surface area contributed by atoms with E-state index in [1.54, 1.807) is 6.20 Å². The molecule has 2 heterocycles. The fraction of sp³-hybridized carbons (Fsp3) is 0.444. The Labute approximate surface area is 136 Å². The van der Waals surface area contributed by atoms with Gasteiger partial charge in [-0.3, -0.25) is 4.79 Å². The number of nitrogens with one attached hydrogen (secondary N) is 3. The van der Waals surface area contributed by atoms with E-state index in [4.69, 9.17) is 0 Å². The van der Waals surface area contributed by atoms with Crippen molar-refractivity contribution in [2.24, 2.45) is 0 Å². The Morgan fingerprint density at radius 1 is 1.39 bits per heavy atom. The summed E-state index contributed by atoms with van der Waals surface area (Å²) in [6.07, 6.45) is 7.70. The third-order valence-corrected chi connectivity index (χ3v) is 4.35. The molecule has 5 nitrogen and oxygen atoms in total. The zero-order chi connectivity index (χ0) is 15.9. The zero-order valence-corrected chi connectivity index (χ0v) is 13.3. The van der Waals surface area contributed by atoms with E-state index in [0.717, 1.165) is 37.3 Å². The van der Waals surface area contributed by atoms with E-state index in [-0.39, 0.29) is 5.91 Å². The number of nitrogens with zero attached hydrogens (tertiary/aromatic N) is 1. The van der Waals surface area contributed by atoms with Crippen molar-refractivity contribution in [3.8, 4) is 0 Å². The molecule has 1 aliphatic rings. The molecule has 5 heteroatoms. The third kappa shape index (κ3) is 4.42. The fourth-order valence-electron chi connectivity index (χ4n) is 3.06. The molecule has 1 aromatic heterocycles. The Bertz CT molecular complexity index is 618. The molecule has 0 bridgehead atoms.